The van der Waals surface area contributed by atoms with E-state index in [-0.39, 0.29) is 6.61 Å². The highest BCUT2D eigenvalue weighted by molar-refractivity contribution is 7.80. The minimum absolute atomic E-state index is 0.184. The van der Waals surface area contributed by atoms with Crippen LogP contribution < -0.4 is 5.73 Å². The van der Waals surface area contributed by atoms with Gasteiger partial charge in [-0.2, -0.15) is 25.3 Å². The maximum absolute atomic E-state index is 9.93. The Hall–Kier alpha value is 0.0900. The molecule has 0 aliphatic heterocycles. The van der Waals surface area contributed by atoms with Gasteiger partial charge in [0.15, 0.2) is 0 Å². The first-order chi connectivity index (χ1) is 5.59. The van der Waals surface area contributed by atoms with Gasteiger partial charge in [-0.3, -0.25) is 4.79 Å². The summed E-state index contributed by atoms with van der Waals surface area (Å²) < 4.78 is 0. The number of rotatable bonds is 4. The molecular weight excluding hydrogens is 198 g/mol. The van der Waals surface area contributed by atoms with Gasteiger partial charge in [0.1, 0.15) is 6.04 Å². The largest absolute Gasteiger partial charge is 0.480 e. The summed E-state index contributed by atoms with van der Waals surface area (Å²) in [5.41, 5.74) is 5.08. The van der Waals surface area contributed by atoms with Gasteiger partial charge in [-0.05, 0) is 12.2 Å². The van der Waals surface area contributed by atoms with E-state index in [0.29, 0.717) is 17.9 Å². The van der Waals surface area contributed by atoms with Crippen molar-refractivity contribution in [2.75, 3.05) is 18.1 Å². The molecule has 1 atom stereocenters. The SMILES string of the molecule is N[C@@H](CCS)C(=O)O.OCCS. The second-order valence-corrected chi connectivity index (χ2v) is 2.80. The average molecular weight is 213 g/mol. The fourth-order valence-electron chi connectivity index (χ4n) is 0.263. The van der Waals surface area contributed by atoms with Crippen LogP contribution in [0.3, 0.4) is 0 Å². The molecule has 0 unspecified atom stereocenters. The molecule has 0 aromatic heterocycles. The molecule has 74 valence electrons. The fourth-order valence-corrected chi connectivity index (χ4v) is 0.541. The van der Waals surface area contributed by atoms with Crippen molar-refractivity contribution in [2.24, 2.45) is 5.73 Å². The number of thiol groups is 2. The summed E-state index contributed by atoms with van der Waals surface area (Å²) in [5, 5.41) is 16.0. The monoisotopic (exact) mass is 213 g/mol. The number of carboxylic acids is 1. The molecule has 4 N–H and O–H groups in total. The van der Waals surface area contributed by atoms with Crippen LogP contribution >= 0.6 is 25.3 Å². The Labute approximate surface area is 83.0 Å². The van der Waals surface area contributed by atoms with E-state index in [9.17, 15) is 4.79 Å². The Bertz CT molecular complexity index is 111. The van der Waals surface area contributed by atoms with Crippen molar-refractivity contribution in [3.05, 3.63) is 0 Å². The second kappa shape index (κ2) is 11.1. The van der Waals surface area contributed by atoms with Crippen molar-refractivity contribution in [2.45, 2.75) is 12.5 Å². The summed E-state index contributed by atoms with van der Waals surface area (Å²) >= 11 is 7.48. The average Bonchev–Trinajstić information content (AvgIpc) is 2.05. The standard InChI is InChI=1S/C4H9NO2S.C2H6OS/c5-3(1-2-8)4(6)7;3-1-2-4/h3,8H,1-2,5H2,(H,6,7);3-4H,1-2H2/t3-;/m0./s1. The number of nitrogens with two attached hydrogens (primary N) is 1. The van der Waals surface area contributed by atoms with Crippen molar-refractivity contribution >= 4 is 31.2 Å². The van der Waals surface area contributed by atoms with Crippen LogP contribution in [0.15, 0.2) is 0 Å². The molecule has 0 aliphatic carbocycles. The number of aliphatic carboxylic acids is 1. The first kappa shape index (κ1) is 14.6. The number of aliphatic hydroxyl groups excluding tert-OH is 1. The number of carboxylic acid groups (broad SMARTS) is 1. The van der Waals surface area contributed by atoms with E-state index < -0.39 is 12.0 Å². The van der Waals surface area contributed by atoms with Crippen molar-refractivity contribution < 1.29 is 15.0 Å². The van der Waals surface area contributed by atoms with Crippen LogP contribution in [-0.2, 0) is 4.79 Å². The zero-order chi connectivity index (χ0) is 9.98. The zero-order valence-electron chi connectivity index (χ0n) is 6.68. The van der Waals surface area contributed by atoms with Gasteiger partial charge < -0.3 is 15.9 Å². The number of aliphatic hydroxyl groups is 1. The third-order valence-corrected chi connectivity index (χ3v) is 1.32. The maximum atomic E-state index is 9.93. The van der Waals surface area contributed by atoms with Gasteiger partial charge in [0, 0.05) is 5.75 Å². The molecule has 0 bridgehead atoms. The third-order valence-electron chi connectivity index (χ3n) is 0.857. The molecule has 0 amide bonds. The Morgan fingerprint density at radius 2 is 1.83 bits per heavy atom. The first-order valence-corrected chi connectivity index (χ1v) is 4.67. The molecule has 0 aromatic rings. The minimum Gasteiger partial charge on any atom is -0.480 e. The van der Waals surface area contributed by atoms with Gasteiger partial charge in [-0.1, -0.05) is 0 Å². The van der Waals surface area contributed by atoms with E-state index in [1.807, 2.05) is 0 Å². The van der Waals surface area contributed by atoms with Crippen molar-refractivity contribution in [1.29, 1.82) is 0 Å². The lowest BCUT2D eigenvalue weighted by Gasteiger charge is -2.00. The molecule has 0 aromatic carbocycles. The number of hydrogen-bond acceptors (Lipinski definition) is 5. The highest BCUT2D eigenvalue weighted by Crippen LogP contribution is 1.88. The molecular formula is C6H15NO3S2. The number of hydrogen-bond donors (Lipinski definition) is 5. The van der Waals surface area contributed by atoms with Crippen LogP contribution in [0.2, 0.25) is 0 Å². The first-order valence-electron chi connectivity index (χ1n) is 3.41. The van der Waals surface area contributed by atoms with Crippen molar-refractivity contribution in [3.8, 4) is 0 Å². The lowest BCUT2D eigenvalue weighted by Crippen LogP contribution is -2.30. The summed E-state index contributed by atoms with van der Waals surface area (Å²) in [6, 6.07) is -0.743. The van der Waals surface area contributed by atoms with Gasteiger partial charge in [0.25, 0.3) is 0 Å². The topological polar surface area (TPSA) is 83.6 Å². The summed E-state index contributed by atoms with van der Waals surface area (Å²) in [6.07, 6.45) is 0.429. The summed E-state index contributed by atoms with van der Waals surface area (Å²) in [5.74, 6) is 0.132. The van der Waals surface area contributed by atoms with Gasteiger partial charge >= 0.3 is 5.97 Å². The molecule has 0 saturated heterocycles. The predicted octanol–water partition coefficient (Wildman–Crippen LogP) is -0.373. The fraction of sp³-hybridized carbons (Fsp3) is 0.833. The Morgan fingerprint density at radius 1 is 1.42 bits per heavy atom. The molecule has 0 saturated carbocycles. The normalized spacial score (nSPS) is 11.3. The molecule has 0 radical (unpaired) electrons. The van der Waals surface area contributed by atoms with Crippen LogP contribution in [0.25, 0.3) is 0 Å². The van der Waals surface area contributed by atoms with Gasteiger partial charge in [0.05, 0.1) is 6.61 Å². The van der Waals surface area contributed by atoms with Crippen molar-refractivity contribution in [1.82, 2.24) is 0 Å². The van der Waals surface area contributed by atoms with E-state index in [0.717, 1.165) is 0 Å². The van der Waals surface area contributed by atoms with Crippen molar-refractivity contribution in [3.63, 3.8) is 0 Å². The zero-order valence-corrected chi connectivity index (χ0v) is 8.47. The van der Waals surface area contributed by atoms with E-state index in [2.05, 4.69) is 25.3 Å². The molecule has 12 heavy (non-hydrogen) atoms. The molecule has 0 spiro atoms. The quantitative estimate of drug-likeness (QED) is 0.413. The number of carbonyl (C=O) groups is 1. The lowest BCUT2D eigenvalue weighted by molar-refractivity contribution is -0.138. The van der Waals surface area contributed by atoms with Crippen LogP contribution in [0.4, 0.5) is 0 Å². The second-order valence-electron chi connectivity index (χ2n) is 1.90. The summed E-state index contributed by atoms with van der Waals surface area (Å²) in [4.78, 5) is 9.93. The van der Waals surface area contributed by atoms with E-state index in [1.165, 1.54) is 0 Å². The van der Waals surface area contributed by atoms with Gasteiger partial charge in [-0.25, -0.2) is 0 Å². The third kappa shape index (κ3) is 12.7. The summed E-state index contributed by atoms with van der Waals surface area (Å²) in [6.45, 7) is 0.184. The van der Waals surface area contributed by atoms with Crippen LogP contribution in [0.1, 0.15) is 6.42 Å². The molecule has 0 fully saturated rings. The van der Waals surface area contributed by atoms with Crippen LogP contribution in [0, 0.1) is 0 Å². The Morgan fingerprint density at radius 3 is 1.92 bits per heavy atom. The smallest absolute Gasteiger partial charge is 0.320 e. The molecule has 0 heterocycles. The Balaban J connectivity index is 0. The van der Waals surface area contributed by atoms with Crippen LogP contribution in [0.5, 0.6) is 0 Å². The lowest BCUT2D eigenvalue weighted by atomic mass is 10.2. The Kier molecular flexibility index (Phi) is 13.5. The van der Waals surface area contributed by atoms with Gasteiger partial charge in [0.2, 0.25) is 0 Å². The van der Waals surface area contributed by atoms with E-state index >= 15 is 0 Å². The van der Waals surface area contributed by atoms with E-state index in [1.54, 1.807) is 0 Å². The van der Waals surface area contributed by atoms with Crippen LogP contribution in [-0.4, -0.2) is 40.3 Å². The molecule has 6 heteroatoms. The highest BCUT2D eigenvalue weighted by atomic mass is 32.1. The predicted molar refractivity (Wildman–Crippen MR) is 55.0 cm³/mol. The van der Waals surface area contributed by atoms with E-state index in [4.69, 9.17) is 15.9 Å². The minimum atomic E-state index is -0.959. The molecule has 0 rings (SSSR count). The summed E-state index contributed by atoms with van der Waals surface area (Å²) in [7, 11) is 0. The molecule has 4 nitrogen and oxygen atoms in total. The maximum Gasteiger partial charge on any atom is 0.320 e. The molecule has 0 aliphatic rings. The van der Waals surface area contributed by atoms with Gasteiger partial charge in [-0.15, -0.1) is 0 Å². The highest BCUT2D eigenvalue weighted by Gasteiger charge is 2.08.